The molecule has 0 spiro atoms. The average Bonchev–Trinajstić information content (AvgIpc) is 2.59. The first kappa shape index (κ1) is 11.8. The van der Waals surface area contributed by atoms with E-state index in [1.54, 1.807) is 0 Å². The minimum Gasteiger partial charge on any atom is -0.378 e. The summed E-state index contributed by atoms with van der Waals surface area (Å²) in [4.78, 5) is 13.5. The molecule has 0 bridgehead atoms. The molecule has 17 heavy (non-hydrogen) atoms. The molecule has 0 aromatic carbocycles. The highest BCUT2D eigenvalue weighted by atomic mass is 32.2. The Kier molecular flexibility index (Phi) is 2.97. The van der Waals surface area contributed by atoms with Crippen LogP contribution in [0.25, 0.3) is 0 Å². The maximum absolute atomic E-state index is 11.2. The molecule has 1 aliphatic heterocycles. The third kappa shape index (κ3) is 2.90. The molecule has 1 aliphatic rings. The Morgan fingerprint density at radius 2 is 2.24 bits per heavy atom. The van der Waals surface area contributed by atoms with Gasteiger partial charge in [0, 0.05) is 12.1 Å². The Morgan fingerprint density at radius 3 is 2.71 bits per heavy atom. The van der Waals surface area contributed by atoms with Gasteiger partial charge in [0.15, 0.2) is 16.0 Å². The van der Waals surface area contributed by atoms with E-state index in [1.807, 2.05) is 0 Å². The van der Waals surface area contributed by atoms with Crippen LogP contribution in [-0.4, -0.2) is 35.9 Å². The van der Waals surface area contributed by atoms with Crippen molar-refractivity contribution in [1.82, 2.24) is 4.98 Å². The number of nitrogens with one attached hydrogen (secondary N) is 1. The monoisotopic (exact) mass is 257 g/mol. The van der Waals surface area contributed by atoms with E-state index in [4.69, 9.17) is 0 Å². The molecule has 0 amide bonds. The van der Waals surface area contributed by atoms with Gasteiger partial charge >= 0.3 is 5.82 Å². The standard InChI is InChI=1S/C9H11N3O4S/c13-12(14)9-2-1-7(5-10-9)11-8-3-4-17(15,16)6-8/h1-2,5,8,11H,3-4,6H2. The summed E-state index contributed by atoms with van der Waals surface area (Å²) in [5.41, 5.74) is 0.595. The van der Waals surface area contributed by atoms with Gasteiger partial charge in [-0.05, 0) is 22.4 Å². The Bertz CT molecular complexity index is 526. The second-order valence-electron chi connectivity index (χ2n) is 3.91. The zero-order valence-corrected chi connectivity index (χ0v) is 9.68. The third-order valence-electron chi connectivity index (χ3n) is 2.54. The van der Waals surface area contributed by atoms with Gasteiger partial charge in [-0.15, -0.1) is 0 Å². The summed E-state index contributed by atoms with van der Waals surface area (Å²) in [6.45, 7) is 0. The quantitative estimate of drug-likeness (QED) is 0.628. The molecule has 2 heterocycles. The summed E-state index contributed by atoms with van der Waals surface area (Å²) in [5.74, 6) is 0.0595. The van der Waals surface area contributed by atoms with Crippen LogP contribution in [0.1, 0.15) is 6.42 Å². The fourth-order valence-electron chi connectivity index (χ4n) is 1.72. The van der Waals surface area contributed by atoms with E-state index in [1.165, 1.54) is 18.3 Å². The number of anilines is 1. The van der Waals surface area contributed by atoms with Crippen molar-refractivity contribution in [3.8, 4) is 0 Å². The Hall–Kier alpha value is -1.70. The van der Waals surface area contributed by atoms with Crippen molar-refractivity contribution in [1.29, 1.82) is 0 Å². The molecule has 0 radical (unpaired) electrons. The first-order valence-corrected chi connectivity index (χ1v) is 6.86. The van der Waals surface area contributed by atoms with Gasteiger partial charge in [-0.1, -0.05) is 0 Å². The van der Waals surface area contributed by atoms with Gasteiger partial charge in [0.25, 0.3) is 0 Å². The second kappa shape index (κ2) is 4.28. The Labute approximate surface area is 97.9 Å². The molecule has 1 fully saturated rings. The molecule has 0 saturated carbocycles. The van der Waals surface area contributed by atoms with E-state index in [-0.39, 0.29) is 23.4 Å². The number of nitrogens with zero attached hydrogens (tertiary/aromatic N) is 2. The van der Waals surface area contributed by atoms with Gasteiger partial charge in [0.1, 0.15) is 0 Å². The maximum atomic E-state index is 11.2. The molecule has 1 atom stereocenters. The molecule has 1 saturated heterocycles. The van der Waals surface area contributed by atoms with E-state index in [0.717, 1.165) is 0 Å². The zero-order valence-electron chi connectivity index (χ0n) is 8.87. The molecule has 8 heteroatoms. The van der Waals surface area contributed by atoms with Crippen LogP contribution in [0, 0.1) is 10.1 Å². The van der Waals surface area contributed by atoms with Gasteiger partial charge in [-0.25, -0.2) is 8.42 Å². The van der Waals surface area contributed by atoms with Crippen LogP contribution in [-0.2, 0) is 9.84 Å². The van der Waals surface area contributed by atoms with Crippen LogP contribution in [0.3, 0.4) is 0 Å². The predicted octanol–water partition coefficient (Wildman–Crippen LogP) is 0.589. The molecular weight excluding hydrogens is 246 g/mol. The van der Waals surface area contributed by atoms with Crippen LogP contribution in [0.15, 0.2) is 18.3 Å². The summed E-state index contributed by atoms with van der Waals surface area (Å²) in [7, 11) is -2.93. The maximum Gasteiger partial charge on any atom is 0.363 e. The fraction of sp³-hybridized carbons (Fsp3) is 0.444. The van der Waals surface area contributed by atoms with E-state index < -0.39 is 14.8 Å². The SMILES string of the molecule is O=[N+]([O-])c1ccc(NC2CCS(=O)(=O)C2)cn1. The van der Waals surface area contributed by atoms with Crippen molar-refractivity contribution in [2.24, 2.45) is 0 Å². The summed E-state index contributed by atoms with van der Waals surface area (Å²) in [5, 5.41) is 13.4. The van der Waals surface area contributed by atoms with Crippen LogP contribution in [0.2, 0.25) is 0 Å². The van der Waals surface area contributed by atoms with Crippen molar-refractivity contribution in [2.45, 2.75) is 12.5 Å². The van der Waals surface area contributed by atoms with Gasteiger partial charge in [-0.3, -0.25) is 0 Å². The number of pyridine rings is 1. The van der Waals surface area contributed by atoms with E-state index in [0.29, 0.717) is 12.1 Å². The smallest absolute Gasteiger partial charge is 0.363 e. The van der Waals surface area contributed by atoms with Crippen molar-refractivity contribution in [3.05, 3.63) is 28.4 Å². The summed E-state index contributed by atoms with van der Waals surface area (Å²) in [6.07, 6.45) is 1.89. The van der Waals surface area contributed by atoms with Crippen LogP contribution in [0.4, 0.5) is 11.5 Å². The zero-order chi connectivity index (χ0) is 12.5. The van der Waals surface area contributed by atoms with Crippen LogP contribution >= 0.6 is 0 Å². The van der Waals surface area contributed by atoms with Crippen molar-refractivity contribution >= 4 is 21.3 Å². The lowest BCUT2D eigenvalue weighted by Gasteiger charge is -2.10. The molecule has 1 N–H and O–H groups in total. The summed E-state index contributed by atoms with van der Waals surface area (Å²) < 4.78 is 22.5. The number of hydrogen-bond donors (Lipinski definition) is 1. The van der Waals surface area contributed by atoms with Gasteiger partial charge in [0.05, 0.1) is 17.2 Å². The van der Waals surface area contributed by atoms with Gasteiger partial charge in [0.2, 0.25) is 0 Å². The lowest BCUT2D eigenvalue weighted by Crippen LogP contribution is -2.20. The minimum absolute atomic E-state index is 0.101. The van der Waals surface area contributed by atoms with Crippen molar-refractivity contribution < 1.29 is 13.3 Å². The molecular formula is C9H11N3O4S. The highest BCUT2D eigenvalue weighted by Crippen LogP contribution is 2.18. The largest absolute Gasteiger partial charge is 0.378 e. The number of nitro groups is 1. The van der Waals surface area contributed by atoms with Crippen molar-refractivity contribution in [2.75, 3.05) is 16.8 Å². The minimum atomic E-state index is -2.93. The van der Waals surface area contributed by atoms with E-state index >= 15 is 0 Å². The first-order chi connectivity index (χ1) is 7.96. The molecule has 1 aromatic heterocycles. The van der Waals surface area contributed by atoms with Crippen molar-refractivity contribution in [3.63, 3.8) is 0 Å². The van der Waals surface area contributed by atoms with Gasteiger partial charge < -0.3 is 15.4 Å². The highest BCUT2D eigenvalue weighted by Gasteiger charge is 2.27. The van der Waals surface area contributed by atoms with E-state index in [2.05, 4.69) is 10.3 Å². The first-order valence-electron chi connectivity index (χ1n) is 5.04. The molecule has 1 aromatic rings. The van der Waals surface area contributed by atoms with Crippen LogP contribution in [0.5, 0.6) is 0 Å². The fourth-order valence-corrected chi connectivity index (χ4v) is 3.40. The number of rotatable bonds is 3. The molecule has 0 aliphatic carbocycles. The second-order valence-corrected chi connectivity index (χ2v) is 6.14. The van der Waals surface area contributed by atoms with Crippen LogP contribution < -0.4 is 5.32 Å². The lowest BCUT2D eigenvalue weighted by molar-refractivity contribution is -0.389. The molecule has 2 rings (SSSR count). The molecule has 1 unspecified atom stereocenters. The summed E-state index contributed by atoms with van der Waals surface area (Å²) in [6, 6.07) is 2.67. The highest BCUT2D eigenvalue weighted by molar-refractivity contribution is 7.91. The Balaban J connectivity index is 2.03. The number of sulfone groups is 1. The average molecular weight is 257 g/mol. The summed E-state index contributed by atoms with van der Waals surface area (Å²) >= 11 is 0. The predicted molar refractivity (Wildman–Crippen MR) is 61.6 cm³/mol. The number of aromatic nitrogens is 1. The Morgan fingerprint density at radius 1 is 1.47 bits per heavy atom. The molecule has 92 valence electrons. The van der Waals surface area contributed by atoms with Gasteiger partial charge in [-0.2, -0.15) is 0 Å². The topological polar surface area (TPSA) is 102 Å². The normalized spacial score (nSPS) is 22.2. The van der Waals surface area contributed by atoms with E-state index in [9.17, 15) is 18.5 Å². The number of hydrogen-bond acceptors (Lipinski definition) is 6. The lowest BCUT2D eigenvalue weighted by atomic mass is 10.2. The molecule has 7 nitrogen and oxygen atoms in total. The third-order valence-corrected chi connectivity index (χ3v) is 4.31.